The zero-order valence-electron chi connectivity index (χ0n) is 10.9. The summed E-state index contributed by atoms with van der Waals surface area (Å²) < 4.78 is 39.5. The Morgan fingerprint density at radius 2 is 1.57 bits per heavy atom. The van der Waals surface area contributed by atoms with Crippen LogP contribution in [-0.2, 0) is 0 Å². The van der Waals surface area contributed by atoms with Crippen molar-refractivity contribution in [3.63, 3.8) is 0 Å². The average Bonchev–Trinajstić information content (AvgIpc) is 2.45. The maximum atomic E-state index is 13.5. The number of anilines is 1. The summed E-state index contributed by atoms with van der Waals surface area (Å²) in [4.78, 5) is 23.3. The highest BCUT2D eigenvalue weighted by atomic mass is 19.2. The van der Waals surface area contributed by atoms with E-state index >= 15 is 0 Å². The number of Topliss-reactive ketones (excluding diaryl/α,β-unsaturated/α-hetero) is 1. The van der Waals surface area contributed by atoms with Crippen molar-refractivity contribution in [1.29, 1.82) is 0 Å². The van der Waals surface area contributed by atoms with Crippen LogP contribution in [0.1, 0.15) is 27.6 Å². The lowest BCUT2D eigenvalue weighted by Gasteiger charge is -2.10. The molecule has 0 aliphatic heterocycles. The molecule has 0 atom stereocenters. The summed E-state index contributed by atoms with van der Waals surface area (Å²) in [5.41, 5.74) is -0.250. The van der Waals surface area contributed by atoms with Crippen molar-refractivity contribution in [1.82, 2.24) is 0 Å². The van der Waals surface area contributed by atoms with Crippen LogP contribution in [0.25, 0.3) is 0 Å². The van der Waals surface area contributed by atoms with Gasteiger partial charge in [-0.15, -0.1) is 0 Å². The smallest absolute Gasteiger partial charge is 0.258 e. The van der Waals surface area contributed by atoms with Gasteiger partial charge in [0.2, 0.25) is 0 Å². The van der Waals surface area contributed by atoms with E-state index in [0.717, 1.165) is 6.07 Å². The van der Waals surface area contributed by atoms with Crippen molar-refractivity contribution in [2.45, 2.75) is 6.92 Å². The summed E-state index contributed by atoms with van der Waals surface area (Å²) in [6.45, 7) is 1.31. The maximum absolute atomic E-state index is 13.5. The number of benzene rings is 2. The van der Waals surface area contributed by atoms with Crippen molar-refractivity contribution in [3.8, 4) is 0 Å². The molecular weight excluding hydrogens is 283 g/mol. The van der Waals surface area contributed by atoms with Gasteiger partial charge in [-0.2, -0.15) is 0 Å². The molecule has 0 bridgehead atoms. The van der Waals surface area contributed by atoms with Gasteiger partial charge < -0.3 is 5.32 Å². The van der Waals surface area contributed by atoms with Crippen LogP contribution in [0.3, 0.4) is 0 Å². The molecule has 108 valence electrons. The third kappa shape index (κ3) is 2.94. The first-order chi connectivity index (χ1) is 9.91. The molecule has 0 fully saturated rings. The maximum Gasteiger partial charge on any atom is 0.258 e. The molecule has 0 aliphatic rings. The van der Waals surface area contributed by atoms with Crippen LogP contribution < -0.4 is 5.32 Å². The van der Waals surface area contributed by atoms with E-state index in [1.807, 2.05) is 0 Å². The first-order valence-electron chi connectivity index (χ1n) is 5.96. The number of hydrogen-bond donors (Lipinski definition) is 1. The third-order valence-electron chi connectivity index (χ3n) is 2.83. The molecule has 0 aromatic heterocycles. The summed E-state index contributed by atoms with van der Waals surface area (Å²) in [6.07, 6.45) is 0. The SMILES string of the molecule is CC(=O)c1ccccc1NC(=O)c1ccc(F)c(F)c1F. The molecule has 2 aromatic carbocycles. The Morgan fingerprint density at radius 3 is 2.24 bits per heavy atom. The van der Waals surface area contributed by atoms with Crippen LogP contribution in [0, 0.1) is 17.5 Å². The number of carbonyl (C=O) groups excluding carboxylic acids is 2. The quantitative estimate of drug-likeness (QED) is 0.694. The standard InChI is InChI=1S/C15H10F3NO2/c1-8(20)9-4-2-3-5-12(9)19-15(21)10-6-7-11(16)14(18)13(10)17/h2-7H,1H3,(H,19,21). The van der Waals surface area contributed by atoms with Gasteiger partial charge in [0, 0.05) is 5.56 Å². The van der Waals surface area contributed by atoms with Crippen LogP contribution in [0.4, 0.5) is 18.9 Å². The van der Waals surface area contributed by atoms with E-state index in [9.17, 15) is 22.8 Å². The highest BCUT2D eigenvalue weighted by molar-refractivity contribution is 6.09. The van der Waals surface area contributed by atoms with Gasteiger partial charge >= 0.3 is 0 Å². The molecule has 1 N–H and O–H groups in total. The number of carbonyl (C=O) groups is 2. The Labute approximate surface area is 118 Å². The summed E-state index contributed by atoms with van der Waals surface area (Å²) in [5.74, 6) is -5.94. The topological polar surface area (TPSA) is 46.2 Å². The number of nitrogens with one attached hydrogen (secondary N) is 1. The number of para-hydroxylation sites is 1. The fourth-order valence-electron chi connectivity index (χ4n) is 1.79. The summed E-state index contributed by atoms with van der Waals surface area (Å²) in [5, 5.41) is 2.31. The molecular formula is C15H10F3NO2. The number of ketones is 1. The van der Waals surface area contributed by atoms with E-state index in [0.29, 0.717) is 6.07 Å². The van der Waals surface area contributed by atoms with Crippen LogP contribution in [0.2, 0.25) is 0 Å². The zero-order valence-corrected chi connectivity index (χ0v) is 10.9. The molecule has 0 saturated carbocycles. The predicted octanol–water partition coefficient (Wildman–Crippen LogP) is 3.56. The molecule has 21 heavy (non-hydrogen) atoms. The second-order valence-corrected chi connectivity index (χ2v) is 4.28. The highest BCUT2D eigenvalue weighted by Gasteiger charge is 2.19. The third-order valence-corrected chi connectivity index (χ3v) is 2.83. The van der Waals surface area contributed by atoms with E-state index in [2.05, 4.69) is 5.32 Å². The van der Waals surface area contributed by atoms with Crippen molar-refractivity contribution in [2.75, 3.05) is 5.32 Å². The monoisotopic (exact) mass is 293 g/mol. The molecule has 1 amide bonds. The Hall–Kier alpha value is -2.63. The van der Waals surface area contributed by atoms with Gasteiger partial charge in [0.25, 0.3) is 5.91 Å². The first kappa shape index (κ1) is 14.8. The summed E-state index contributed by atoms with van der Waals surface area (Å²) in [6, 6.07) is 7.60. The van der Waals surface area contributed by atoms with Crippen molar-refractivity contribution < 1.29 is 22.8 Å². The second kappa shape index (κ2) is 5.78. The Morgan fingerprint density at radius 1 is 0.905 bits per heavy atom. The van der Waals surface area contributed by atoms with Crippen LogP contribution >= 0.6 is 0 Å². The molecule has 0 spiro atoms. The summed E-state index contributed by atoms with van der Waals surface area (Å²) >= 11 is 0. The molecule has 0 aliphatic carbocycles. The van der Waals surface area contributed by atoms with Crippen molar-refractivity contribution >= 4 is 17.4 Å². The fraction of sp³-hybridized carbons (Fsp3) is 0.0667. The van der Waals surface area contributed by atoms with Gasteiger partial charge in [-0.25, -0.2) is 13.2 Å². The molecule has 0 unspecified atom stereocenters. The molecule has 2 aromatic rings. The van der Waals surface area contributed by atoms with E-state index < -0.39 is 28.9 Å². The number of rotatable bonds is 3. The molecule has 3 nitrogen and oxygen atoms in total. The van der Waals surface area contributed by atoms with Gasteiger partial charge in [0.15, 0.2) is 23.2 Å². The average molecular weight is 293 g/mol. The highest BCUT2D eigenvalue weighted by Crippen LogP contribution is 2.19. The van der Waals surface area contributed by atoms with Crippen molar-refractivity contribution in [3.05, 3.63) is 65.0 Å². The minimum absolute atomic E-state index is 0.166. The van der Waals surface area contributed by atoms with Crippen LogP contribution in [0.5, 0.6) is 0 Å². The van der Waals surface area contributed by atoms with Crippen molar-refractivity contribution in [2.24, 2.45) is 0 Å². The normalized spacial score (nSPS) is 10.3. The second-order valence-electron chi connectivity index (χ2n) is 4.28. The summed E-state index contributed by atoms with van der Waals surface area (Å²) in [7, 11) is 0. The van der Waals surface area contributed by atoms with E-state index in [1.165, 1.54) is 19.1 Å². The largest absolute Gasteiger partial charge is 0.321 e. The van der Waals surface area contributed by atoms with E-state index in [4.69, 9.17) is 0 Å². The minimum Gasteiger partial charge on any atom is -0.321 e. The molecule has 0 saturated heterocycles. The van der Waals surface area contributed by atoms with E-state index in [1.54, 1.807) is 12.1 Å². The lowest BCUT2D eigenvalue weighted by atomic mass is 10.1. The van der Waals surface area contributed by atoms with Gasteiger partial charge in [0.1, 0.15) is 0 Å². The lowest BCUT2D eigenvalue weighted by Crippen LogP contribution is -2.16. The van der Waals surface area contributed by atoms with E-state index in [-0.39, 0.29) is 17.0 Å². The Kier molecular flexibility index (Phi) is 4.07. The van der Waals surface area contributed by atoms with Gasteiger partial charge in [-0.05, 0) is 31.2 Å². The zero-order chi connectivity index (χ0) is 15.6. The molecule has 0 radical (unpaired) electrons. The first-order valence-corrected chi connectivity index (χ1v) is 5.96. The number of hydrogen-bond acceptors (Lipinski definition) is 2. The van der Waals surface area contributed by atoms with Crippen LogP contribution in [-0.4, -0.2) is 11.7 Å². The Bertz CT molecular complexity index is 729. The fourth-order valence-corrected chi connectivity index (χ4v) is 1.79. The predicted molar refractivity (Wildman–Crippen MR) is 70.7 cm³/mol. The van der Waals surface area contributed by atoms with Gasteiger partial charge in [-0.3, -0.25) is 9.59 Å². The number of amides is 1. The minimum atomic E-state index is -1.72. The molecule has 2 rings (SSSR count). The molecule has 0 heterocycles. The number of halogens is 3. The lowest BCUT2D eigenvalue weighted by molar-refractivity contribution is 0.101. The Balaban J connectivity index is 2.36. The van der Waals surface area contributed by atoms with Gasteiger partial charge in [-0.1, -0.05) is 12.1 Å². The van der Waals surface area contributed by atoms with Crippen LogP contribution in [0.15, 0.2) is 36.4 Å². The van der Waals surface area contributed by atoms with Gasteiger partial charge in [0.05, 0.1) is 11.3 Å². The molecule has 6 heteroatoms.